The van der Waals surface area contributed by atoms with Gasteiger partial charge in [0.25, 0.3) is 0 Å². The molecular formula is C35H51FN2O4. The molecular weight excluding hydrogens is 531 g/mol. The third-order valence-electron chi connectivity index (χ3n) is 15.5. The number of halogens is 1. The fourth-order valence-electron chi connectivity index (χ4n) is 13.0. The Balaban J connectivity index is 1.25. The summed E-state index contributed by atoms with van der Waals surface area (Å²) >= 11 is 0. The molecule has 0 unspecified atom stereocenters. The van der Waals surface area contributed by atoms with Gasteiger partial charge in [-0.2, -0.15) is 0 Å². The Morgan fingerprint density at radius 3 is 2.45 bits per heavy atom. The van der Waals surface area contributed by atoms with E-state index in [1.54, 1.807) is 12.4 Å². The molecule has 7 rings (SSSR count). The minimum atomic E-state index is -1.16. The Kier molecular flexibility index (Phi) is 5.92. The smallest absolute Gasteiger partial charge is 0.419 e. The highest BCUT2D eigenvalue weighted by molar-refractivity contribution is 5.82. The standard InChI is InChI=1S/C35H51FN2O4/c1-20-9-14-34-16-15-33(8)32(7)13-10-23-30(4,5)26(41-29(40)38-18-17-37-22(38)3)11-12-31(23,6)24(32)19-25(36)35(33,42-28(34)39)27(34)21(20)2/h17-18,20-21,23-27H,9-16,19H2,1-8H3/t20-,21+,23+,24-,25-,26+,27-,31+,32-,33+,34+,35+/m1/s1. The lowest BCUT2D eigenvalue weighted by atomic mass is 9.30. The largest absolute Gasteiger partial charge is 0.455 e. The van der Waals surface area contributed by atoms with Gasteiger partial charge >= 0.3 is 12.1 Å². The molecule has 1 spiro atoms. The summed E-state index contributed by atoms with van der Waals surface area (Å²) in [5.74, 6) is 1.67. The van der Waals surface area contributed by atoms with Crippen LogP contribution in [-0.4, -0.2) is 39.5 Å². The number of fused-ring (bicyclic) bond motifs is 4. The lowest BCUT2D eigenvalue weighted by molar-refractivity contribution is -0.310. The number of carbonyl (C=O) groups excluding carboxylic acids is 2. The fraction of sp³-hybridized carbons (Fsp3) is 0.857. The van der Waals surface area contributed by atoms with E-state index >= 15 is 4.39 Å². The summed E-state index contributed by atoms with van der Waals surface area (Å²) in [5.41, 5.74) is -2.45. The molecule has 2 bridgehead atoms. The van der Waals surface area contributed by atoms with Crippen LogP contribution in [-0.2, 0) is 14.3 Å². The van der Waals surface area contributed by atoms with E-state index in [-0.39, 0.29) is 52.2 Å². The molecule has 12 atom stereocenters. The van der Waals surface area contributed by atoms with Gasteiger partial charge in [0.15, 0.2) is 5.60 Å². The van der Waals surface area contributed by atoms with Crippen LogP contribution in [0.15, 0.2) is 12.4 Å². The number of esters is 1. The number of imidazole rings is 1. The van der Waals surface area contributed by atoms with Gasteiger partial charge in [-0.15, -0.1) is 0 Å². The van der Waals surface area contributed by atoms with E-state index in [1.165, 1.54) is 4.57 Å². The number of ether oxygens (including phenoxy) is 2. The first kappa shape index (κ1) is 28.8. The second kappa shape index (κ2) is 8.62. The van der Waals surface area contributed by atoms with Gasteiger partial charge in [0.2, 0.25) is 0 Å². The van der Waals surface area contributed by atoms with Crippen molar-refractivity contribution in [1.82, 2.24) is 9.55 Å². The summed E-state index contributed by atoms with van der Waals surface area (Å²) in [7, 11) is 0. The van der Waals surface area contributed by atoms with E-state index in [1.807, 2.05) is 6.92 Å². The first-order chi connectivity index (χ1) is 19.6. The van der Waals surface area contributed by atoms with Gasteiger partial charge in [-0.1, -0.05) is 48.5 Å². The fourth-order valence-corrected chi connectivity index (χ4v) is 13.0. The van der Waals surface area contributed by atoms with Crippen molar-refractivity contribution in [3.63, 3.8) is 0 Å². The van der Waals surface area contributed by atoms with Crippen LogP contribution in [0.4, 0.5) is 9.18 Å². The van der Waals surface area contributed by atoms with Crippen LogP contribution in [0.25, 0.3) is 0 Å². The van der Waals surface area contributed by atoms with Crippen molar-refractivity contribution in [3.8, 4) is 0 Å². The number of nitrogens with zero attached hydrogens (tertiary/aromatic N) is 2. The highest BCUT2D eigenvalue weighted by Crippen LogP contribution is 2.81. The number of alkyl halides is 1. The molecule has 1 aliphatic heterocycles. The summed E-state index contributed by atoms with van der Waals surface area (Å²) in [5, 5.41) is 0. The Labute approximate surface area is 250 Å². The first-order valence-electron chi connectivity index (χ1n) is 16.7. The molecule has 6 nitrogen and oxygen atoms in total. The Bertz CT molecular complexity index is 1330. The zero-order valence-corrected chi connectivity index (χ0v) is 27.0. The van der Waals surface area contributed by atoms with E-state index in [2.05, 4.69) is 53.5 Å². The quantitative estimate of drug-likeness (QED) is 0.315. The van der Waals surface area contributed by atoms with Crippen LogP contribution in [0.1, 0.15) is 112 Å². The van der Waals surface area contributed by atoms with Crippen molar-refractivity contribution in [3.05, 3.63) is 18.2 Å². The third-order valence-corrected chi connectivity index (χ3v) is 15.5. The highest BCUT2D eigenvalue weighted by atomic mass is 19.1. The Morgan fingerprint density at radius 2 is 1.76 bits per heavy atom. The van der Waals surface area contributed by atoms with Gasteiger partial charge in [-0.05, 0) is 99.2 Å². The van der Waals surface area contributed by atoms with Gasteiger partial charge in [-0.3, -0.25) is 4.79 Å². The van der Waals surface area contributed by atoms with E-state index in [0.717, 1.165) is 51.4 Å². The van der Waals surface area contributed by atoms with E-state index < -0.39 is 22.6 Å². The molecule has 5 aliphatic carbocycles. The molecule has 2 heterocycles. The highest BCUT2D eigenvalue weighted by Gasteiger charge is 2.84. The van der Waals surface area contributed by atoms with Gasteiger partial charge in [0, 0.05) is 29.1 Å². The molecule has 0 radical (unpaired) electrons. The summed E-state index contributed by atoms with van der Waals surface area (Å²) < 4.78 is 31.7. The van der Waals surface area contributed by atoms with Crippen LogP contribution < -0.4 is 0 Å². The van der Waals surface area contributed by atoms with Crippen molar-refractivity contribution < 1.29 is 23.5 Å². The lowest BCUT2D eigenvalue weighted by Crippen LogP contribution is -2.76. The normalized spacial score (nSPS) is 52.3. The number of carbonyl (C=O) groups is 2. The van der Waals surface area contributed by atoms with Crippen LogP contribution in [0.2, 0.25) is 0 Å². The van der Waals surface area contributed by atoms with Gasteiger partial charge in [0.05, 0.1) is 5.41 Å². The number of aryl methyl sites for hydroxylation is 1. The number of rotatable bonds is 1. The van der Waals surface area contributed by atoms with E-state index in [4.69, 9.17) is 9.47 Å². The summed E-state index contributed by atoms with van der Waals surface area (Å²) in [6.45, 7) is 18.0. The predicted octanol–water partition coefficient (Wildman–Crippen LogP) is 7.91. The zero-order valence-electron chi connectivity index (χ0n) is 27.0. The molecule has 0 aromatic carbocycles. The zero-order chi connectivity index (χ0) is 30.3. The second-order valence-corrected chi connectivity index (χ2v) is 16.9. The summed E-state index contributed by atoms with van der Waals surface area (Å²) in [4.78, 5) is 31.1. The van der Waals surface area contributed by atoms with Crippen LogP contribution in [0, 0.1) is 63.6 Å². The van der Waals surface area contributed by atoms with E-state index in [9.17, 15) is 9.59 Å². The number of hydrogen-bond acceptors (Lipinski definition) is 5. The van der Waals surface area contributed by atoms with Crippen molar-refractivity contribution in [2.75, 3.05) is 0 Å². The molecule has 42 heavy (non-hydrogen) atoms. The first-order valence-corrected chi connectivity index (χ1v) is 16.7. The molecule has 7 heteroatoms. The summed E-state index contributed by atoms with van der Waals surface area (Å²) in [6, 6.07) is 0. The van der Waals surface area contributed by atoms with Crippen LogP contribution in [0.5, 0.6) is 0 Å². The van der Waals surface area contributed by atoms with Crippen molar-refractivity contribution >= 4 is 12.1 Å². The third kappa shape index (κ3) is 3.09. The predicted molar refractivity (Wildman–Crippen MR) is 157 cm³/mol. The monoisotopic (exact) mass is 582 g/mol. The molecule has 0 amide bonds. The van der Waals surface area contributed by atoms with Gasteiger partial charge in [0.1, 0.15) is 18.1 Å². The molecule has 0 N–H and O–H groups in total. The lowest BCUT2D eigenvalue weighted by Gasteiger charge is -2.74. The maximum atomic E-state index is 17.4. The minimum Gasteiger partial charge on any atom is -0.455 e. The van der Waals surface area contributed by atoms with Crippen molar-refractivity contribution in [2.45, 2.75) is 131 Å². The molecule has 6 aliphatic rings. The maximum Gasteiger partial charge on any atom is 0.419 e. The molecule has 1 aromatic rings. The molecule has 5 saturated carbocycles. The van der Waals surface area contributed by atoms with Crippen LogP contribution in [0.3, 0.4) is 0 Å². The Hall–Kier alpha value is -1.92. The maximum absolute atomic E-state index is 17.4. The van der Waals surface area contributed by atoms with Crippen LogP contribution >= 0.6 is 0 Å². The molecule has 1 saturated heterocycles. The van der Waals surface area contributed by atoms with Gasteiger partial charge in [-0.25, -0.2) is 18.7 Å². The minimum absolute atomic E-state index is 0.0449. The van der Waals surface area contributed by atoms with Crippen molar-refractivity contribution in [1.29, 1.82) is 0 Å². The summed E-state index contributed by atoms with van der Waals surface area (Å²) in [6.07, 6.45) is 9.21. The molecule has 232 valence electrons. The van der Waals surface area contributed by atoms with Crippen molar-refractivity contribution in [2.24, 2.45) is 56.7 Å². The van der Waals surface area contributed by atoms with E-state index in [0.29, 0.717) is 24.1 Å². The topological polar surface area (TPSA) is 70.4 Å². The number of hydrogen-bond donors (Lipinski definition) is 0. The second-order valence-electron chi connectivity index (χ2n) is 16.9. The number of aromatic nitrogens is 2. The average Bonchev–Trinajstić information content (AvgIpc) is 3.45. The van der Waals surface area contributed by atoms with Gasteiger partial charge < -0.3 is 9.47 Å². The Morgan fingerprint density at radius 1 is 1.02 bits per heavy atom. The molecule has 6 fully saturated rings. The average molecular weight is 583 g/mol. The SMILES string of the molecule is Cc1nccn1C(=O)O[C@H]1CC[C@]2(C)[C@H]3C[C@@H](F)[C@]45OC(=O)[C@@]6(CC[C@@H](C)[C@H](C)[C@H]64)CC[C@@]5(C)[C@]3(C)CC[C@H]2C1(C)C. The molecule has 1 aromatic heterocycles.